The zero-order valence-corrected chi connectivity index (χ0v) is 18.7. The van der Waals surface area contributed by atoms with Crippen LogP contribution in [0.4, 0.5) is 4.39 Å². The van der Waals surface area contributed by atoms with E-state index in [9.17, 15) is 14.0 Å². The number of benzene rings is 2. The molecule has 1 aromatic heterocycles. The average Bonchev–Trinajstić information content (AvgIpc) is 3.26. The number of hydrogen-bond donors (Lipinski definition) is 2. The van der Waals surface area contributed by atoms with Crippen LogP contribution in [-0.4, -0.2) is 40.8 Å². The zero-order valence-electron chi connectivity index (χ0n) is 18.7. The fourth-order valence-electron chi connectivity index (χ4n) is 5.58. The van der Waals surface area contributed by atoms with Crippen LogP contribution in [0.25, 0.3) is 10.9 Å². The maximum atomic E-state index is 13.7. The number of rotatable bonds is 5. The van der Waals surface area contributed by atoms with Crippen LogP contribution in [0.15, 0.2) is 54.7 Å². The average molecular weight is 448 g/mol. The Kier molecular flexibility index (Phi) is 6.16. The number of hydrogen-bond acceptors (Lipinski definition) is 2. The van der Waals surface area contributed by atoms with Gasteiger partial charge < -0.3 is 15.2 Å². The van der Waals surface area contributed by atoms with Crippen molar-refractivity contribution in [3.63, 3.8) is 0 Å². The lowest BCUT2D eigenvalue weighted by Crippen LogP contribution is -2.53. The molecule has 0 bridgehead atoms. The molecule has 1 saturated heterocycles. The van der Waals surface area contributed by atoms with Crippen LogP contribution in [0.1, 0.15) is 48.0 Å². The van der Waals surface area contributed by atoms with Crippen LogP contribution in [0.5, 0.6) is 0 Å². The molecule has 1 aliphatic carbocycles. The highest BCUT2D eigenvalue weighted by Gasteiger charge is 2.36. The van der Waals surface area contributed by atoms with E-state index in [2.05, 4.69) is 10.3 Å². The molecular formula is C27H30FN3O2. The summed E-state index contributed by atoms with van der Waals surface area (Å²) in [5.41, 5.74) is 2.35. The molecule has 2 aliphatic rings. The van der Waals surface area contributed by atoms with E-state index in [1.807, 2.05) is 35.4 Å². The van der Waals surface area contributed by atoms with Crippen molar-refractivity contribution < 1.29 is 14.0 Å². The summed E-state index contributed by atoms with van der Waals surface area (Å²) >= 11 is 0. The van der Waals surface area contributed by atoms with Crippen molar-refractivity contribution in [1.29, 1.82) is 0 Å². The molecule has 0 spiro atoms. The lowest BCUT2D eigenvalue weighted by atomic mass is 9.75. The molecule has 2 N–H and O–H groups in total. The van der Waals surface area contributed by atoms with E-state index in [1.165, 1.54) is 49.9 Å². The number of H-pyrrole nitrogens is 1. The number of carbonyl (C=O) groups excluding carboxylic acids is 2. The van der Waals surface area contributed by atoms with Crippen molar-refractivity contribution in [2.45, 2.75) is 44.6 Å². The minimum Gasteiger partial charge on any atom is -0.361 e. The van der Waals surface area contributed by atoms with E-state index in [0.717, 1.165) is 41.9 Å². The Labute approximate surface area is 193 Å². The second kappa shape index (κ2) is 9.38. The molecule has 2 fully saturated rings. The summed E-state index contributed by atoms with van der Waals surface area (Å²) in [6.07, 6.45) is 8.36. The molecule has 5 rings (SSSR count). The van der Waals surface area contributed by atoms with E-state index in [1.54, 1.807) is 0 Å². The largest absolute Gasteiger partial charge is 0.361 e. The van der Waals surface area contributed by atoms with Gasteiger partial charge in [-0.15, -0.1) is 0 Å². The summed E-state index contributed by atoms with van der Waals surface area (Å²) in [7, 11) is 0. The standard InChI is InChI=1S/C27H30FN3O2/c28-22-11-9-19(10-12-22)26(32)30-25(15-21-16-29-24-8-4-3-7-23(21)24)27(33)31-14-13-18-5-1-2-6-20(18)17-31/h3-4,7-12,16,18,20,25,29H,1-2,5-6,13-15,17H2,(H,30,32)/t18-,20-,25-/m0/s1. The molecule has 5 nitrogen and oxygen atoms in total. The molecule has 3 atom stereocenters. The number of amides is 2. The molecule has 33 heavy (non-hydrogen) atoms. The molecule has 0 radical (unpaired) electrons. The fraction of sp³-hybridized carbons (Fsp3) is 0.407. The smallest absolute Gasteiger partial charge is 0.251 e. The second-order valence-electron chi connectivity index (χ2n) is 9.47. The van der Waals surface area contributed by atoms with Crippen LogP contribution in [0.3, 0.4) is 0 Å². The summed E-state index contributed by atoms with van der Waals surface area (Å²) in [5, 5.41) is 4.01. The zero-order chi connectivity index (χ0) is 22.8. The van der Waals surface area contributed by atoms with Crippen LogP contribution in [0.2, 0.25) is 0 Å². The Balaban J connectivity index is 1.38. The van der Waals surface area contributed by atoms with E-state index in [-0.39, 0.29) is 11.8 Å². The summed E-state index contributed by atoms with van der Waals surface area (Å²) in [6.45, 7) is 1.52. The summed E-state index contributed by atoms with van der Waals surface area (Å²) in [4.78, 5) is 31.9. The van der Waals surface area contributed by atoms with Crippen LogP contribution >= 0.6 is 0 Å². The third-order valence-corrected chi connectivity index (χ3v) is 7.41. The molecular weight excluding hydrogens is 417 g/mol. The lowest BCUT2D eigenvalue weighted by molar-refractivity contribution is -0.136. The van der Waals surface area contributed by atoms with E-state index >= 15 is 0 Å². The molecule has 6 heteroatoms. The number of halogens is 1. The maximum Gasteiger partial charge on any atom is 0.251 e. The van der Waals surface area contributed by atoms with Gasteiger partial charge in [0.05, 0.1) is 0 Å². The number of aromatic nitrogens is 1. The summed E-state index contributed by atoms with van der Waals surface area (Å²) < 4.78 is 13.3. The molecule has 3 aromatic rings. The number of piperidine rings is 1. The highest BCUT2D eigenvalue weighted by molar-refractivity contribution is 5.98. The van der Waals surface area contributed by atoms with Gasteiger partial charge in [-0.05, 0) is 60.6 Å². The maximum absolute atomic E-state index is 13.7. The number of nitrogens with one attached hydrogen (secondary N) is 2. The van der Waals surface area contributed by atoms with E-state index in [0.29, 0.717) is 17.9 Å². The van der Waals surface area contributed by atoms with Gasteiger partial charge in [0, 0.05) is 42.2 Å². The third kappa shape index (κ3) is 4.65. The van der Waals surface area contributed by atoms with Gasteiger partial charge in [0.25, 0.3) is 5.91 Å². The minimum absolute atomic E-state index is 0.0280. The van der Waals surface area contributed by atoms with Crippen molar-refractivity contribution in [1.82, 2.24) is 15.2 Å². The first-order valence-corrected chi connectivity index (χ1v) is 12.0. The third-order valence-electron chi connectivity index (χ3n) is 7.41. The van der Waals surface area contributed by atoms with Gasteiger partial charge in [-0.1, -0.05) is 37.5 Å². The van der Waals surface area contributed by atoms with Gasteiger partial charge in [0.2, 0.25) is 5.91 Å². The number of nitrogens with zero attached hydrogens (tertiary/aromatic N) is 1. The summed E-state index contributed by atoms with van der Waals surface area (Å²) in [5.74, 6) is 0.510. The van der Waals surface area contributed by atoms with Gasteiger partial charge in [-0.3, -0.25) is 9.59 Å². The quantitative estimate of drug-likeness (QED) is 0.596. The number of likely N-dealkylation sites (tertiary alicyclic amines) is 1. The minimum atomic E-state index is -0.679. The highest BCUT2D eigenvalue weighted by atomic mass is 19.1. The van der Waals surface area contributed by atoms with Gasteiger partial charge in [-0.2, -0.15) is 0 Å². The summed E-state index contributed by atoms with van der Waals surface area (Å²) in [6, 6.07) is 12.7. The monoisotopic (exact) mass is 447 g/mol. The van der Waals surface area contributed by atoms with Crippen LogP contribution in [0, 0.1) is 17.7 Å². The lowest BCUT2D eigenvalue weighted by Gasteiger charge is -2.42. The number of aromatic amines is 1. The number of para-hydroxylation sites is 1. The predicted molar refractivity (Wildman–Crippen MR) is 126 cm³/mol. The van der Waals surface area contributed by atoms with E-state index in [4.69, 9.17) is 0 Å². The van der Waals surface area contributed by atoms with Crippen molar-refractivity contribution in [3.05, 3.63) is 71.7 Å². The highest BCUT2D eigenvalue weighted by Crippen LogP contribution is 2.36. The first-order valence-electron chi connectivity index (χ1n) is 12.0. The Hall–Kier alpha value is -3.15. The molecule has 2 heterocycles. The Morgan fingerprint density at radius 1 is 1.03 bits per heavy atom. The van der Waals surface area contributed by atoms with Crippen molar-refractivity contribution in [2.24, 2.45) is 11.8 Å². The second-order valence-corrected chi connectivity index (χ2v) is 9.47. The molecule has 2 aromatic carbocycles. The first-order chi connectivity index (χ1) is 16.1. The SMILES string of the molecule is O=C(N[C@@H](Cc1c[nH]c2ccccc12)C(=O)N1CC[C@@H]2CCCC[C@H]2C1)c1ccc(F)cc1. The molecule has 1 aliphatic heterocycles. The van der Waals surface area contributed by atoms with E-state index < -0.39 is 11.9 Å². The first kappa shape index (κ1) is 21.7. The topological polar surface area (TPSA) is 65.2 Å². The number of carbonyl (C=O) groups is 2. The molecule has 2 amide bonds. The Bertz CT molecular complexity index is 1140. The number of fused-ring (bicyclic) bond motifs is 2. The molecule has 1 saturated carbocycles. The van der Waals surface area contributed by atoms with Gasteiger partial charge in [0.1, 0.15) is 11.9 Å². The van der Waals surface area contributed by atoms with Gasteiger partial charge in [0.15, 0.2) is 0 Å². The van der Waals surface area contributed by atoms with Crippen LogP contribution in [-0.2, 0) is 11.2 Å². The Morgan fingerprint density at radius 3 is 2.61 bits per heavy atom. The normalized spacial score (nSPS) is 21.4. The molecule has 172 valence electrons. The molecule has 0 unspecified atom stereocenters. The van der Waals surface area contributed by atoms with Crippen molar-refractivity contribution >= 4 is 22.7 Å². The van der Waals surface area contributed by atoms with Gasteiger partial charge in [-0.25, -0.2) is 4.39 Å². The van der Waals surface area contributed by atoms with Gasteiger partial charge >= 0.3 is 0 Å². The Morgan fingerprint density at radius 2 is 1.79 bits per heavy atom. The predicted octanol–water partition coefficient (Wildman–Crippen LogP) is 4.69. The fourth-order valence-corrected chi connectivity index (χ4v) is 5.58. The van der Waals surface area contributed by atoms with Crippen molar-refractivity contribution in [3.8, 4) is 0 Å². The van der Waals surface area contributed by atoms with Crippen molar-refractivity contribution in [2.75, 3.05) is 13.1 Å². The van der Waals surface area contributed by atoms with Crippen LogP contribution < -0.4 is 5.32 Å².